The lowest BCUT2D eigenvalue weighted by Crippen LogP contribution is -1.85. The molecular formula is C30H18. The molecule has 138 valence electrons. The van der Waals surface area contributed by atoms with E-state index in [-0.39, 0.29) is 0 Å². The van der Waals surface area contributed by atoms with Crippen molar-refractivity contribution in [3.63, 3.8) is 0 Å². The molecule has 30 heavy (non-hydrogen) atoms. The van der Waals surface area contributed by atoms with E-state index in [0.717, 1.165) is 0 Å². The van der Waals surface area contributed by atoms with Crippen LogP contribution >= 0.6 is 0 Å². The predicted octanol–water partition coefficient (Wildman–Crippen LogP) is 8.46. The van der Waals surface area contributed by atoms with Gasteiger partial charge in [0.15, 0.2) is 0 Å². The highest BCUT2D eigenvalue weighted by Gasteiger charge is 2.24. The highest BCUT2D eigenvalue weighted by atomic mass is 14.3. The fourth-order valence-corrected chi connectivity index (χ4v) is 5.31. The third-order valence-corrected chi connectivity index (χ3v) is 6.56. The lowest BCUT2D eigenvalue weighted by atomic mass is 9.91. The normalized spacial score (nSPS) is 12.0. The fraction of sp³-hybridized carbons (Fsp3) is 0. The summed E-state index contributed by atoms with van der Waals surface area (Å²) in [6, 6.07) is 39.9. The van der Waals surface area contributed by atoms with Crippen molar-refractivity contribution in [2.75, 3.05) is 0 Å². The molecular weight excluding hydrogens is 360 g/mol. The van der Waals surface area contributed by atoms with Crippen molar-refractivity contribution in [1.82, 2.24) is 0 Å². The number of rotatable bonds is 2. The van der Waals surface area contributed by atoms with Gasteiger partial charge in [0.2, 0.25) is 0 Å². The Hall–Kier alpha value is -3.90. The van der Waals surface area contributed by atoms with E-state index in [4.69, 9.17) is 0 Å². The Morgan fingerprint density at radius 2 is 1.07 bits per heavy atom. The van der Waals surface area contributed by atoms with Gasteiger partial charge in [0.05, 0.1) is 0 Å². The van der Waals surface area contributed by atoms with Crippen LogP contribution in [0, 0.1) is 0 Å². The third kappa shape index (κ3) is 2.00. The summed E-state index contributed by atoms with van der Waals surface area (Å²) >= 11 is 0. The molecule has 6 aromatic carbocycles. The van der Waals surface area contributed by atoms with Crippen LogP contribution in [0.5, 0.6) is 0 Å². The van der Waals surface area contributed by atoms with Crippen LogP contribution in [-0.4, -0.2) is 0 Å². The molecule has 0 atom stereocenters. The summed E-state index contributed by atoms with van der Waals surface area (Å²) in [6.07, 6.45) is 0. The van der Waals surface area contributed by atoms with Crippen molar-refractivity contribution in [3.8, 4) is 33.4 Å². The second kappa shape index (κ2) is 5.81. The number of hydrogen-bond donors (Lipinski definition) is 0. The van der Waals surface area contributed by atoms with E-state index < -0.39 is 0 Å². The van der Waals surface area contributed by atoms with Gasteiger partial charge in [0, 0.05) is 0 Å². The zero-order valence-electron chi connectivity index (χ0n) is 16.4. The van der Waals surface area contributed by atoms with Gasteiger partial charge in [0.1, 0.15) is 0 Å². The Labute approximate surface area is 175 Å². The van der Waals surface area contributed by atoms with E-state index in [1.165, 1.54) is 65.7 Å². The van der Waals surface area contributed by atoms with E-state index in [1.807, 2.05) is 0 Å². The summed E-state index contributed by atoms with van der Waals surface area (Å²) in [5.74, 6) is 0. The average molecular weight is 378 g/mol. The molecule has 1 aliphatic carbocycles. The van der Waals surface area contributed by atoms with Crippen LogP contribution in [0.2, 0.25) is 0 Å². The molecule has 1 aliphatic rings. The van der Waals surface area contributed by atoms with Crippen molar-refractivity contribution in [2.45, 2.75) is 0 Å². The van der Waals surface area contributed by atoms with Gasteiger partial charge < -0.3 is 0 Å². The van der Waals surface area contributed by atoms with Crippen LogP contribution in [0.3, 0.4) is 0 Å². The molecule has 0 aromatic heterocycles. The molecule has 0 radical (unpaired) electrons. The first kappa shape index (κ1) is 16.0. The Balaban J connectivity index is 1.71. The molecule has 0 heterocycles. The maximum absolute atomic E-state index is 2.37. The molecule has 0 unspecified atom stereocenters. The molecule has 7 rings (SSSR count). The van der Waals surface area contributed by atoms with Gasteiger partial charge in [-0.1, -0.05) is 103 Å². The monoisotopic (exact) mass is 378 g/mol. The SMILES string of the molecule is c1ccc(-c2ccc3ccc4c(-c5ccccc5)cc5cccc6c5c4c3c2-6)cc1. The predicted molar refractivity (Wildman–Crippen MR) is 129 cm³/mol. The molecule has 0 fully saturated rings. The zero-order valence-corrected chi connectivity index (χ0v) is 16.4. The highest BCUT2D eigenvalue weighted by molar-refractivity contribution is 6.36. The van der Waals surface area contributed by atoms with Gasteiger partial charge in [-0.15, -0.1) is 0 Å². The smallest absolute Gasteiger partial charge is 0.000785 e. The van der Waals surface area contributed by atoms with E-state index in [0.29, 0.717) is 0 Å². The van der Waals surface area contributed by atoms with Crippen molar-refractivity contribution in [2.24, 2.45) is 0 Å². The first-order chi connectivity index (χ1) is 14.9. The standard InChI is InChI=1S/C30H18/c1-3-8-19(9-4-1)23-16-14-21-15-17-24-26(20-10-5-2-6-11-20)18-22-12-7-13-25-27(22)30(24)28(21)29(23)25/h1-18H. The third-order valence-electron chi connectivity index (χ3n) is 6.56. The van der Waals surface area contributed by atoms with Crippen LogP contribution in [0.25, 0.3) is 65.7 Å². The minimum atomic E-state index is 1.27. The molecule has 0 aliphatic heterocycles. The lowest BCUT2D eigenvalue weighted by Gasteiger charge is -2.12. The van der Waals surface area contributed by atoms with Gasteiger partial charge in [-0.05, 0) is 71.8 Å². The van der Waals surface area contributed by atoms with E-state index in [9.17, 15) is 0 Å². The topological polar surface area (TPSA) is 0 Å². The molecule has 0 heteroatoms. The lowest BCUT2D eigenvalue weighted by molar-refractivity contribution is 1.65. The Morgan fingerprint density at radius 3 is 1.83 bits per heavy atom. The van der Waals surface area contributed by atoms with Gasteiger partial charge in [-0.25, -0.2) is 0 Å². The van der Waals surface area contributed by atoms with Crippen molar-refractivity contribution in [3.05, 3.63) is 109 Å². The molecule has 0 spiro atoms. The van der Waals surface area contributed by atoms with Crippen molar-refractivity contribution in [1.29, 1.82) is 0 Å². The molecule has 0 N–H and O–H groups in total. The molecule has 0 amide bonds. The van der Waals surface area contributed by atoms with Crippen LogP contribution in [0.4, 0.5) is 0 Å². The Kier molecular flexibility index (Phi) is 3.09. The summed E-state index contributed by atoms with van der Waals surface area (Å²) in [6.45, 7) is 0. The van der Waals surface area contributed by atoms with Crippen molar-refractivity contribution < 1.29 is 0 Å². The highest BCUT2D eigenvalue weighted by Crippen LogP contribution is 2.52. The maximum Gasteiger partial charge on any atom is -0.000785 e. The molecule has 0 nitrogen and oxygen atoms in total. The molecule has 0 bridgehead atoms. The number of benzene rings is 6. The minimum absolute atomic E-state index is 1.27. The summed E-state index contributed by atoms with van der Waals surface area (Å²) in [4.78, 5) is 0. The Bertz CT molecular complexity index is 1610. The average Bonchev–Trinajstić information content (AvgIpc) is 3.18. The largest absolute Gasteiger partial charge is 0.0622 e. The van der Waals surface area contributed by atoms with Crippen LogP contribution in [0.15, 0.2) is 109 Å². The minimum Gasteiger partial charge on any atom is -0.0622 e. The van der Waals surface area contributed by atoms with Crippen LogP contribution in [0.1, 0.15) is 0 Å². The van der Waals surface area contributed by atoms with Gasteiger partial charge in [-0.3, -0.25) is 0 Å². The first-order valence-corrected chi connectivity index (χ1v) is 10.5. The summed E-state index contributed by atoms with van der Waals surface area (Å²) < 4.78 is 0. The van der Waals surface area contributed by atoms with E-state index in [1.54, 1.807) is 0 Å². The number of fused-ring (bicyclic) bond motifs is 1. The molecule has 0 saturated carbocycles. The van der Waals surface area contributed by atoms with E-state index in [2.05, 4.69) is 109 Å². The van der Waals surface area contributed by atoms with Gasteiger partial charge in [0.25, 0.3) is 0 Å². The summed E-state index contributed by atoms with van der Waals surface area (Å²) in [7, 11) is 0. The van der Waals surface area contributed by atoms with Crippen LogP contribution in [-0.2, 0) is 0 Å². The van der Waals surface area contributed by atoms with E-state index >= 15 is 0 Å². The second-order valence-corrected chi connectivity index (χ2v) is 8.13. The number of hydrogen-bond acceptors (Lipinski definition) is 0. The van der Waals surface area contributed by atoms with Gasteiger partial charge in [-0.2, -0.15) is 0 Å². The first-order valence-electron chi connectivity index (χ1n) is 10.5. The molecule has 6 aromatic rings. The van der Waals surface area contributed by atoms with Gasteiger partial charge >= 0.3 is 0 Å². The quantitative estimate of drug-likeness (QED) is 0.265. The fourth-order valence-electron chi connectivity index (χ4n) is 5.31. The molecule has 0 saturated heterocycles. The maximum atomic E-state index is 2.37. The van der Waals surface area contributed by atoms with Crippen LogP contribution < -0.4 is 0 Å². The second-order valence-electron chi connectivity index (χ2n) is 8.13. The van der Waals surface area contributed by atoms with Crippen molar-refractivity contribution >= 4 is 32.3 Å². The zero-order chi connectivity index (χ0) is 19.7. The summed E-state index contributed by atoms with van der Waals surface area (Å²) in [5, 5.41) is 8.19. The Morgan fingerprint density at radius 1 is 0.367 bits per heavy atom. The summed E-state index contributed by atoms with van der Waals surface area (Å²) in [5.41, 5.74) is 7.94.